The van der Waals surface area contributed by atoms with E-state index in [1.807, 2.05) is 6.07 Å². The van der Waals surface area contributed by atoms with Gasteiger partial charge in [-0.15, -0.1) is 0 Å². The average molecular weight is 208 g/mol. The fourth-order valence-corrected chi connectivity index (χ4v) is 1.31. The van der Waals surface area contributed by atoms with Crippen molar-refractivity contribution in [2.75, 3.05) is 0 Å². The van der Waals surface area contributed by atoms with Gasteiger partial charge in [0.05, 0.1) is 11.6 Å². The van der Waals surface area contributed by atoms with Gasteiger partial charge in [0, 0.05) is 4.47 Å². The molecule has 0 aromatic heterocycles. The van der Waals surface area contributed by atoms with Crippen LogP contribution in [0.3, 0.4) is 0 Å². The van der Waals surface area contributed by atoms with Crippen molar-refractivity contribution in [1.82, 2.24) is 0 Å². The lowest BCUT2D eigenvalue weighted by Crippen LogP contribution is -1.77. The van der Waals surface area contributed by atoms with Crippen LogP contribution in [0.5, 0.6) is 0 Å². The number of halogens is 1. The minimum absolute atomic E-state index is 0.647. The van der Waals surface area contributed by atoms with Gasteiger partial charge in [0.2, 0.25) is 0 Å². The number of hydrogen-bond donors (Lipinski definition) is 0. The van der Waals surface area contributed by atoms with Crippen LogP contribution in [0.1, 0.15) is 11.1 Å². The minimum atomic E-state index is 0.647. The number of nitriles is 1. The third-order valence-electron chi connectivity index (χ3n) is 1.28. The number of benzene rings is 1. The van der Waals surface area contributed by atoms with Crippen LogP contribution in [0.4, 0.5) is 0 Å². The summed E-state index contributed by atoms with van der Waals surface area (Å²) < 4.78 is 0.909. The maximum atomic E-state index is 8.58. The molecule has 0 saturated carbocycles. The minimum Gasteiger partial charge on any atom is -0.192 e. The lowest BCUT2D eigenvalue weighted by atomic mass is 10.1. The van der Waals surface area contributed by atoms with Crippen LogP contribution in [0.25, 0.3) is 6.08 Å². The van der Waals surface area contributed by atoms with Crippen LogP contribution in [0.2, 0.25) is 0 Å². The van der Waals surface area contributed by atoms with E-state index in [4.69, 9.17) is 5.26 Å². The normalized spacial score (nSPS) is 8.73. The summed E-state index contributed by atoms with van der Waals surface area (Å²) in [6.45, 7) is 3.62. The first-order chi connectivity index (χ1) is 5.26. The highest BCUT2D eigenvalue weighted by Gasteiger charge is 1.94. The van der Waals surface area contributed by atoms with Gasteiger partial charge < -0.3 is 0 Å². The summed E-state index contributed by atoms with van der Waals surface area (Å²) in [7, 11) is 0. The van der Waals surface area contributed by atoms with Crippen LogP contribution in [-0.2, 0) is 0 Å². The second-order valence-electron chi connectivity index (χ2n) is 2.09. The summed E-state index contributed by atoms with van der Waals surface area (Å²) in [5, 5.41) is 8.58. The molecule has 0 aliphatic rings. The first kappa shape index (κ1) is 8.03. The van der Waals surface area contributed by atoms with Crippen molar-refractivity contribution in [2.45, 2.75) is 0 Å². The van der Waals surface area contributed by atoms with Gasteiger partial charge in [0.1, 0.15) is 0 Å². The molecule has 1 rings (SSSR count). The zero-order chi connectivity index (χ0) is 8.27. The zero-order valence-corrected chi connectivity index (χ0v) is 7.43. The summed E-state index contributed by atoms with van der Waals surface area (Å²) in [6.07, 6.45) is 1.71. The van der Waals surface area contributed by atoms with Crippen molar-refractivity contribution in [2.24, 2.45) is 0 Å². The third-order valence-corrected chi connectivity index (χ3v) is 1.74. The molecule has 0 amide bonds. The Labute approximate surface area is 74.1 Å². The van der Waals surface area contributed by atoms with Gasteiger partial charge in [-0.3, -0.25) is 0 Å². The Morgan fingerprint density at radius 2 is 2.18 bits per heavy atom. The van der Waals surface area contributed by atoms with Gasteiger partial charge in [0.15, 0.2) is 0 Å². The standard InChI is InChI=1S/C9H6BrN/c1-2-7-3-8(6-11)5-9(10)4-7/h2-5H,1H2. The van der Waals surface area contributed by atoms with Crippen LogP contribution >= 0.6 is 15.9 Å². The smallest absolute Gasteiger partial charge is 0.0992 e. The number of nitrogens with zero attached hydrogens (tertiary/aromatic N) is 1. The first-order valence-electron chi connectivity index (χ1n) is 3.09. The topological polar surface area (TPSA) is 23.8 Å². The molecule has 1 aromatic rings. The SMILES string of the molecule is C=Cc1cc(Br)cc(C#N)c1. The highest BCUT2D eigenvalue weighted by Crippen LogP contribution is 2.15. The van der Waals surface area contributed by atoms with E-state index in [-0.39, 0.29) is 0 Å². The molecule has 0 aliphatic carbocycles. The Bertz CT molecular complexity index is 323. The monoisotopic (exact) mass is 207 g/mol. The molecule has 0 heterocycles. The Kier molecular flexibility index (Phi) is 2.45. The molecule has 0 saturated heterocycles. The molecule has 11 heavy (non-hydrogen) atoms. The molecule has 0 atom stereocenters. The number of hydrogen-bond acceptors (Lipinski definition) is 1. The van der Waals surface area contributed by atoms with E-state index in [0.29, 0.717) is 5.56 Å². The quantitative estimate of drug-likeness (QED) is 0.695. The Hall–Kier alpha value is -1.07. The molecular weight excluding hydrogens is 202 g/mol. The molecule has 0 unspecified atom stereocenters. The Morgan fingerprint density at radius 3 is 2.73 bits per heavy atom. The molecule has 54 valence electrons. The lowest BCUT2D eigenvalue weighted by Gasteiger charge is -1.95. The molecule has 0 bridgehead atoms. The molecule has 2 heteroatoms. The van der Waals surface area contributed by atoms with E-state index in [0.717, 1.165) is 10.0 Å². The van der Waals surface area contributed by atoms with Crippen molar-refractivity contribution in [3.05, 3.63) is 40.4 Å². The lowest BCUT2D eigenvalue weighted by molar-refractivity contribution is 1.47. The van der Waals surface area contributed by atoms with E-state index in [2.05, 4.69) is 28.6 Å². The predicted octanol–water partition coefficient (Wildman–Crippen LogP) is 2.96. The van der Waals surface area contributed by atoms with Gasteiger partial charge >= 0.3 is 0 Å². The van der Waals surface area contributed by atoms with E-state index >= 15 is 0 Å². The molecular formula is C9H6BrN. The second-order valence-corrected chi connectivity index (χ2v) is 3.00. The van der Waals surface area contributed by atoms with E-state index in [9.17, 15) is 0 Å². The van der Waals surface area contributed by atoms with E-state index in [1.54, 1.807) is 18.2 Å². The molecule has 0 radical (unpaired) electrons. The molecule has 1 aromatic carbocycles. The molecule has 1 nitrogen and oxygen atoms in total. The highest BCUT2D eigenvalue weighted by molar-refractivity contribution is 9.10. The van der Waals surface area contributed by atoms with Gasteiger partial charge in [-0.1, -0.05) is 28.6 Å². The first-order valence-corrected chi connectivity index (χ1v) is 3.88. The zero-order valence-electron chi connectivity index (χ0n) is 5.84. The predicted molar refractivity (Wildman–Crippen MR) is 48.9 cm³/mol. The molecule has 0 aliphatic heterocycles. The summed E-state index contributed by atoms with van der Waals surface area (Å²) in [6, 6.07) is 7.54. The summed E-state index contributed by atoms with van der Waals surface area (Å²) in [4.78, 5) is 0. The van der Waals surface area contributed by atoms with Crippen LogP contribution in [-0.4, -0.2) is 0 Å². The van der Waals surface area contributed by atoms with Crippen molar-refractivity contribution in [1.29, 1.82) is 5.26 Å². The summed E-state index contributed by atoms with van der Waals surface area (Å²) in [5.74, 6) is 0. The van der Waals surface area contributed by atoms with Gasteiger partial charge in [-0.2, -0.15) is 5.26 Å². The molecule has 0 fully saturated rings. The fourth-order valence-electron chi connectivity index (χ4n) is 0.795. The van der Waals surface area contributed by atoms with E-state index < -0.39 is 0 Å². The maximum Gasteiger partial charge on any atom is 0.0992 e. The van der Waals surface area contributed by atoms with Crippen molar-refractivity contribution < 1.29 is 0 Å². The Morgan fingerprint density at radius 1 is 1.45 bits per heavy atom. The maximum absolute atomic E-state index is 8.58. The van der Waals surface area contributed by atoms with Crippen LogP contribution in [0, 0.1) is 11.3 Å². The second kappa shape index (κ2) is 3.36. The fraction of sp³-hybridized carbons (Fsp3) is 0. The van der Waals surface area contributed by atoms with E-state index in [1.165, 1.54) is 0 Å². The third kappa shape index (κ3) is 1.92. The molecule has 0 N–H and O–H groups in total. The van der Waals surface area contributed by atoms with Crippen LogP contribution in [0.15, 0.2) is 29.3 Å². The van der Waals surface area contributed by atoms with Crippen molar-refractivity contribution in [3.8, 4) is 6.07 Å². The average Bonchev–Trinajstić information content (AvgIpc) is 2.03. The molecule has 0 spiro atoms. The van der Waals surface area contributed by atoms with Crippen LogP contribution < -0.4 is 0 Å². The van der Waals surface area contributed by atoms with Crippen molar-refractivity contribution >= 4 is 22.0 Å². The van der Waals surface area contributed by atoms with Gasteiger partial charge in [-0.25, -0.2) is 0 Å². The number of rotatable bonds is 1. The van der Waals surface area contributed by atoms with Gasteiger partial charge in [-0.05, 0) is 23.8 Å². The largest absolute Gasteiger partial charge is 0.192 e. The summed E-state index contributed by atoms with van der Waals surface area (Å²) in [5.41, 5.74) is 1.60. The van der Waals surface area contributed by atoms with Crippen molar-refractivity contribution in [3.63, 3.8) is 0 Å². The Balaban J connectivity index is 3.25. The van der Waals surface area contributed by atoms with Gasteiger partial charge in [0.25, 0.3) is 0 Å². The summed E-state index contributed by atoms with van der Waals surface area (Å²) >= 11 is 3.30. The highest BCUT2D eigenvalue weighted by atomic mass is 79.9.